The molecule has 0 aliphatic rings. The van der Waals surface area contributed by atoms with Crippen molar-refractivity contribution in [2.45, 2.75) is 0 Å². The summed E-state index contributed by atoms with van der Waals surface area (Å²) in [6, 6.07) is 0. The molecule has 0 saturated carbocycles. The molecule has 1 radical (unpaired) electrons. The molecule has 0 atom stereocenters. The van der Waals surface area contributed by atoms with Crippen LogP contribution in [0.3, 0.4) is 0 Å². The molecule has 0 aromatic rings. The molecule has 25 valence electrons. The summed E-state index contributed by atoms with van der Waals surface area (Å²) in [6.07, 6.45) is 0. The number of hydrogen-bond donors (Lipinski definition) is 0. The molecule has 0 saturated heterocycles. The van der Waals surface area contributed by atoms with Crippen LogP contribution in [0.15, 0.2) is 0 Å². The summed E-state index contributed by atoms with van der Waals surface area (Å²) >= 11 is 0. The van der Waals surface area contributed by atoms with Crippen LogP contribution in [0, 0.1) is 0 Å². The van der Waals surface area contributed by atoms with Gasteiger partial charge in [0.25, 0.3) is 0 Å². The van der Waals surface area contributed by atoms with Gasteiger partial charge in [0.2, 0.25) is 0 Å². The number of halogens is 3. The van der Waals surface area contributed by atoms with Crippen LogP contribution < -0.4 is 71.9 Å². The number of hydrogen-bond acceptors (Lipinski definition) is 0. The van der Waals surface area contributed by atoms with Crippen LogP contribution in [-0.4, -0.2) is 0 Å². The van der Waals surface area contributed by atoms with E-state index in [0.717, 1.165) is 0 Å². The third-order valence-corrected chi connectivity index (χ3v) is 0. The molecule has 0 aromatic heterocycles. The van der Waals surface area contributed by atoms with Gasteiger partial charge in [-0.05, 0) is 0 Å². The summed E-state index contributed by atoms with van der Waals surface area (Å²) < 4.78 is 0. The minimum Gasteiger partial charge on any atom is -1.00 e. The summed E-state index contributed by atoms with van der Waals surface area (Å²) in [4.78, 5) is 0. The second kappa shape index (κ2) is 24.4. The fourth-order valence-electron chi connectivity index (χ4n) is 0. The fourth-order valence-corrected chi connectivity index (χ4v) is 0. The van der Waals surface area contributed by atoms with Gasteiger partial charge in [-0.15, -0.1) is 0 Å². The van der Waals surface area contributed by atoms with Crippen molar-refractivity contribution < 1.29 is 127 Å². The van der Waals surface area contributed by atoms with Crippen molar-refractivity contribution >= 4 is 0 Å². The van der Waals surface area contributed by atoms with Crippen LogP contribution in [0.4, 0.5) is 0 Å². The van der Waals surface area contributed by atoms with E-state index in [9.17, 15) is 0 Å². The van der Waals surface area contributed by atoms with Crippen molar-refractivity contribution in [3.8, 4) is 0 Å². The van der Waals surface area contributed by atoms with E-state index in [1.54, 1.807) is 0 Å². The number of rotatable bonds is 0. The zero-order valence-electron chi connectivity index (χ0n) is 2.55. The largest absolute Gasteiger partial charge is 2.00 e. The Kier molecular flexibility index (Phi) is 175. The van der Waals surface area contributed by atoms with Crippen LogP contribution in [0.2, 0.25) is 0 Å². The SMILES string of the molecule is [Cd+2].[Hg+].[I-].[I-].[I-]. The van der Waals surface area contributed by atoms with Gasteiger partial charge >= 0.3 is 55.0 Å². The first kappa shape index (κ1) is 35.8. The summed E-state index contributed by atoms with van der Waals surface area (Å²) in [5.41, 5.74) is 0. The topological polar surface area (TPSA) is 0 Å². The summed E-state index contributed by atoms with van der Waals surface area (Å²) in [7, 11) is 0. The molecule has 0 fully saturated rings. The van der Waals surface area contributed by atoms with Crippen LogP contribution in [0.1, 0.15) is 0 Å². The van der Waals surface area contributed by atoms with Gasteiger partial charge in [0.05, 0.1) is 0 Å². The average molecular weight is 694 g/mol. The summed E-state index contributed by atoms with van der Waals surface area (Å²) in [5.74, 6) is 0. The third-order valence-electron chi connectivity index (χ3n) is 0. The summed E-state index contributed by atoms with van der Waals surface area (Å²) in [6.45, 7) is 0. The Morgan fingerprint density at radius 2 is 0.600 bits per heavy atom. The van der Waals surface area contributed by atoms with E-state index in [1.807, 2.05) is 0 Å². The quantitative estimate of drug-likeness (QED) is 0.175. The zero-order chi connectivity index (χ0) is 0. The normalized spacial score (nSPS) is 0. The maximum atomic E-state index is 0. The van der Waals surface area contributed by atoms with Crippen molar-refractivity contribution in [1.82, 2.24) is 0 Å². The van der Waals surface area contributed by atoms with Crippen LogP contribution >= 0.6 is 0 Å². The maximum Gasteiger partial charge on any atom is 2.00 e. The van der Waals surface area contributed by atoms with E-state index in [-0.39, 0.29) is 127 Å². The molecule has 0 aliphatic carbocycles. The Hall–Kier alpha value is 4.05. The zero-order valence-corrected chi connectivity index (χ0v) is 18.6. The molecule has 0 aliphatic heterocycles. The van der Waals surface area contributed by atoms with E-state index < -0.39 is 0 Å². The second-order valence-electron chi connectivity index (χ2n) is 0. The smallest absolute Gasteiger partial charge is 1.00 e. The van der Waals surface area contributed by atoms with Crippen molar-refractivity contribution in [2.75, 3.05) is 0 Å². The van der Waals surface area contributed by atoms with Gasteiger partial charge in [-0.2, -0.15) is 0 Å². The van der Waals surface area contributed by atoms with Gasteiger partial charge in [0.15, 0.2) is 0 Å². The van der Waals surface area contributed by atoms with E-state index in [4.69, 9.17) is 0 Å². The van der Waals surface area contributed by atoms with E-state index in [0.29, 0.717) is 0 Å². The predicted molar refractivity (Wildman–Crippen MR) is 0 cm³/mol. The Bertz CT molecular complexity index is 6.85. The Morgan fingerprint density at radius 3 is 0.600 bits per heavy atom. The molecule has 0 nitrogen and oxygen atoms in total. The van der Waals surface area contributed by atoms with Gasteiger partial charge in [-0.25, -0.2) is 0 Å². The molecule has 0 bridgehead atoms. The second-order valence-corrected chi connectivity index (χ2v) is 0. The van der Waals surface area contributed by atoms with E-state index in [2.05, 4.69) is 0 Å². The molecule has 5 heteroatoms. The first-order valence-corrected chi connectivity index (χ1v) is 0. The van der Waals surface area contributed by atoms with E-state index >= 15 is 0 Å². The summed E-state index contributed by atoms with van der Waals surface area (Å²) in [5, 5.41) is 0. The van der Waals surface area contributed by atoms with Gasteiger partial charge in [0, 0.05) is 0 Å². The molecule has 0 aromatic carbocycles. The van der Waals surface area contributed by atoms with Crippen molar-refractivity contribution in [3.63, 3.8) is 0 Å². The maximum absolute atomic E-state index is 0. The molecular formula is CdHgI3. The molecule has 5 heavy (non-hydrogen) atoms. The van der Waals surface area contributed by atoms with Crippen molar-refractivity contribution in [2.24, 2.45) is 0 Å². The van der Waals surface area contributed by atoms with Gasteiger partial charge in [-0.1, -0.05) is 0 Å². The minimum atomic E-state index is 0. The predicted octanol–water partition coefficient (Wildman–Crippen LogP) is -8.99. The molecule has 0 rings (SSSR count). The Labute approximate surface area is 124 Å². The molecule has 0 heterocycles. The van der Waals surface area contributed by atoms with Crippen LogP contribution in [0.25, 0.3) is 0 Å². The van der Waals surface area contributed by atoms with Gasteiger partial charge < -0.3 is 71.9 Å². The first-order chi connectivity index (χ1) is 0. The van der Waals surface area contributed by atoms with E-state index in [1.165, 1.54) is 0 Å². The Morgan fingerprint density at radius 1 is 0.600 bits per heavy atom. The van der Waals surface area contributed by atoms with Crippen molar-refractivity contribution in [3.05, 3.63) is 0 Å². The standard InChI is InChI=1S/Cd.Hg.3HI/h;;3*1H/q+2;+1;;;/p-3. The third kappa shape index (κ3) is 18.0. The minimum absolute atomic E-state index is 0. The fraction of sp³-hybridized carbons (Fsp3) is 0. The van der Waals surface area contributed by atoms with Crippen LogP contribution in [0.5, 0.6) is 0 Å². The molecule has 0 unspecified atom stereocenters. The molecule has 0 N–H and O–H groups in total. The molecular weight excluding hydrogens is 694 g/mol. The molecule has 0 amide bonds. The Balaban J connectivity index is 0. The van der Waals surface area contributed by atoms with Gasteiger partial charge in [-0.3, -0.25) is 0 Å². The van der Waals surface area contributed by atoms with Crippen molar-refractivity contribution in [1.29, 1.82) is 0 Å². The average Bonchev–Trinajstić information content (AvgIpc) is 0. The molecule has 0 spiro atoms. The van der Waals surface area contributed by atoms with Crippen LogP contribution in [-0.2, 0) is 55.0 Å². The van der Waals surface area contributed by atoms with Gasteiger partial charge in [0.1, 0.15) is 0 Å². The monoisotopic (exact) mass is 697 g/mol. The first-order valence-electron chi connectivity index (χ1n) is 0.